The Morgan fingerprint density at radius 2 is 0.857 bits per heavy atom. The topological polar surface area (TPSA) is 12.9 Å². The minimum absolute atomic E-state index is 0.00154. The van der Waals surface area contributed by atoms with Gasteiger partial charge in [0.2, 0.25) is 0 Å². The molecular weight excluding hydrogens is 506 g/mol. The van der Waals surface area contributed by atoms with Crippen LogP contribution >= 0.6 is 0 Å². The van der Waals surface area contributed by atoms with Gasteiger partial charge in [-0.1, -0.05) is 113 Å². The van der Waals surface area contributed by atoms with Crippen LogP contribution in [0.3, 0.4) is 0 Å². The molecule has 0 unspecified atom stereocenters. The average Bonchev–Trinajstić information content (AvgIpc) is 3.40. The highest BCUT2D eigenvalue weighted by Gasteiger charge is 2.37. The number of rotatable bonds is 3. The lowest BCUT2D eigenvalue weighted by Crippen LogP contribution is -2.15. The molecule has 2 aliphatic carbocycles. The lowest BCUT2D eigenvalue weighted by atomic mass is 9.80. The third kappa shape index (κ3) is 3.59. The minimum Gasteiger partial charge on any atom is -0.256 e. The molecule has 8 rings (SSSR count). The van der Waals surface area contributed by atoms with Crippen LogP contribution in [0.5, 0.6) is 0 Å². The number of aromatic nitrogens is 1. The fourth-order valence-electron chi connectivity index (χ4n) is 7.37. The quantitative estimate of drug-likeness (QED) is 0.218. The first kappa shape index (κ1) is 25.0. The van der Waals surface area contributed by atoms with Crippen molar-refractivity contribution in [3.8, 4) is 55.8 Å². The van der Waals surface area contributed by atoms with Crippen LogP contribution in [0.4, 0.5) is 0 Å². The maximum atomic E-state index is 4.56. The lowest BCUT2D eigenvalue weighted by Gasteiger charge is -2.23. The molecular formula is C41H33N. The molecule has 0 atom stereocenters. The monoisotopic (exact) mass is 539 g/mol. The van der Waals surface area contributed by atoms with E-state index < -0.39 is 0 Å². The molecule has 0 aliphatic heterocycles. The molecule has 0 saturated heterocycles. The predicted molar refractivity (Wildman–Crippen MR) is 176 cm³/mol. The summed E-state index contributed by atoms with van der Waals surface area (Å²) in [5.74, 6) is 0. The molecule has 202 valence electrons. The first-order chi connectivity index (χ1) is 20.3. The Balaban J connectivity index is 1.18. The average molecular weight is 540 g/mol. The second kappa shape index (κ2) is 8.87. The van der Waals surface area contributed by atoms with Crippen LogP contribution in [-0.4, -0.2) is 4.98 Å². The number of nitrogens with zero attached hydrogens (tertiary/aromatic N) is 1. The summed E-state index contributed by atoms with van der Waals surface area (Å²) in [4.78, 5) is 4.56. The summed E-state index contributed by atoms with van der Waals surface area (Å²) < 4.78 is 0. The van der Waals surface area contributed by atoms with E-state index in [1.54, 1.807) is 0 Å². The molecule has 0 spiro atoms. The van der Waals surface area contributed by atoms with Crippen molar-refractivity contribution in [3.05, 3.63) is 150 Å². The summed E-state index contributed by atoms with van der Waals surface area (Å²) >= 11 is 0. The van der Waals surface area contributed by atoms with Crippen LogP contribution in [0.25, 0.3) is 55.8 Å². The van der Waals surface area contributed by atoms with Crippen molar-refractivity contribution in [2.75, 3.05) is 0 Å². The summed E-state index contributed by atoms with van der Waals surface area (Å²) in [5, 5.41) is 0. The number of hydrogen-bond acceptors (Lipinski definition) is 1. The smallest absolute Gasteiger partial charge is 0.0702 e. The van der Waals surface area contributed by atoms with Gasteiger partial charge in [0.05, 0.1) is 5.69 Å². The number of benzene rings is 5. The van der Waals surface area contributed by atoms with Gasteiger partial charge in [-0.15, -0.1) is 0 Å². The molecule has 1 heterocycles. The fraction of sp³-hybridized carbons (Fsp3) is 0.146. The standard InChI is InChI=1S/C41H33N/c1-40(2)35-13-6-5-12-31(35)32-18-16-28(24-36(32)40)29-17-20-34-33-19-15-27(23-37(33)41(3,4)38(34)25-29)26-10-9-11-30(22-26)39-14-7-8-21-42-39/h5-25H,1-4H3. The van der Waals surface area contributed by atoms with Crippen molar-refractivity contribution in [1.29, 1.82) is 0 Å². The van der Waals surface area contributed by atoms with Crippen LogP contribution in [0.2, 0.25) is 0 Å². The highest BCUT2D eigenvalue weighted by Crippen LogP contribution is 2.52. The van der Waals surface area contributed by atoms with E-state index in [0.717, 1.165) is 11.3 Å². The third-order valence-corrected chi connectivity index (χ3v) is 9.75. The first-order valence-electron chi connectivity index (χ1n) is 14.9. The van der Waals surface area contributed by atoms with Crippen molar-refractivity contribution in [1.82, 2.24) is 4.98 Å². The van der Waals surface area contributed by atoms with Crippen molar-refractivity contribution < 1.29 is 0 Å². The largest absolute Gasteiger partial charge is 0.256 e. The van der Waals surface area contributed by atoms with Gasteiger partial charge in [0.25, 0.3) is 0 Å². The predicted octanol–water partition coefficient (Wildman–Crippen LogP) is 10.7. The summed E-state index contributed by atoms with van der Waals surface area (Å²) in [6.07, 6.45) is 1.86. The van der Waals surface area contributed by atoms with E-state index in [1.807, 2.05) is 18.3 Å². The van der Waals surface area contributed by atoms with E-state index >= 15 is 0 Å². The van der Waals surface area contributed by atoms with E-state index in [1.165, 1.54) is 66.8 Å². The van der Waals surface area contributed by atoms with Gasteiger partial charge in [0, 0.05) is 22.6 Å². The van der Waals surface area contributed by atoms with Crippen LogP contribution < -0.4 is 0 Å². The minimum atomic E-state index is -0.0957. The Morgan fingerprint density at radius 3 is 1.43 bits per heavy atom. The molecule has 0 bridgehead atoms. The zero-order chi connectivity index (χ0) is 28.6. The Hall–Kier alpha value is -4.75. The Labute approximate surface area is 248 Å². The van der Waals surface area contributed by atoms with Gasteiger partial charge in [-0.3, -0.25) is 4.98 Å². The summed E-state index contributed by atoms with van der Waals surface area (Å²) in [7, 11) is 0. The molecule has 1 nitrogen and oxygen atoms in total. The van der Waals surface area contributed by atoms with Crippen LogP contribution in [0, 0.1) is 0 Å². The van der Waals surface area contributed by atoms with Crippen molar-refractivity contribution in [3.63, 3.8) is 0 Å². The van der Waals surface area contributed by atoms with E-state index in [9.17, 15) is 0 Å². The molecule has 2 aliphatic rings. The van der Waals surface area contributed by atoms with Gasteiger partial charge >= 0.3 is 0 Å². The zero-order valence-corrected chi connectivity index (χ0v) is 24.6. The Morgan fingerprint density at radius 1 is 0.381 bits per heavy atom. The molecule has 0 N–H and O–H groups in total. The molecule has 0 radical (unpaired) electrons. The number of hydrogen-bond donors (Lipinski definition) is 0. The van der Waals surface area contributed by atoms with Crippen molar-refractivity contribution in [2.45, 2.75) is 38.5 Å². The third-order valence-electron chi connectivity index (χ3n) is 9.75. The number of pyridine rings is 1. The summed E-state index contributed by atoms with van der Waals surface area (Å²) in [5.41, 5.74) is 18.1. The van der Waals surface area contributed by atoms with E-state index in [0.29, 0.717) is 0 Å². The highest BCUT2D eigenvalue weighted by molar-refractivity contribution is 5.88. The van der Waals surface area contributed by atoms with Crippen LogP contribution in [-0.2, 0) is 10.8 Å². The summed E-state index contributed by atoms with van der Waals surface area (Å²) in [6, 6.07) is 44.8. The second-order valence-electron chi connectivity index (χ2n) is 12.9. The highest BCUT2D eigenvalue weighted by atomic mass is 14.7. The lowest BCUT2D eigenvalue weighted by molar-refractivity contribution is 0.659. The van der Waals surface area contributed by atoms with Gasteiger partial charge in [-0.2, -0.15) is 0 Å². The Bertz CT molecular complexity index is 2030. The molecule has 0 fully saturated rings. The van der Waals surface area contributed by atoms with Gasteiger partial charge < -0.3 is 0 Å². The van der Waals surface area contributed by atoms with Crippen LogP contribution in [0.1, 0.15) is 49.9 Å². The molecule has 1 heteroatoms. The van der Waals surface area contributed by atoms with Crippen molar-refractivity contribution >= 4 is 0 Å². The fourth-order valence-corrected chi connectivity index (χ4v) is 7.37. The molecule has 1 aromatic heterocycles. The second-order valence-corrected chi connectivity index (χ2v) is 12.9. The Kier molecular flexibility index (Phi) is 5.28. The van der Waals surface area contributed by atoms with Gasteiger partial charge in [0.15, 0.2) is 0 Å². The molecule has 0 saturated carbocycles. The molecule has 6 aromatic rings. The zero-order valence-electron chi connectivity index (χ0n) is 24.6. The maximum Gasteiger partial charge on any atom is 0.0702 e. The maximum absolute atomic E-state index is 4.56. The molecule has 42 heavy (non-hydrogen) atoms. The van der Waals surface area contributed by atoms with E-state index in [2.05, 4.69) is 142 Å². The van der Waals surface area contributed by atoms with Gasteiger partial charge in [0.1, 0.15) is 0 Å². The van der Waals surface area contributed by atoms with E-state index in [4.69, 9.17) is 0 Å². The SMILES string of the molecule is CC1(C)c2ccccc2-c2ccc(-c3ccc4c(c3)C(C)(C)c3cc(-c5cccc(-c6ccccn6)c5)ccc3-4)cc21. The van der Waals surface area contributed by atoms with Gasteiger partial charge in [-0.05, 0) is 103 Å². The van der Waals surface area contributed by atoms with Crippen molar-refractivity contribution in [2.24, 2.45) is 0 Å². The first-order valence-corrected chi connectivity index (χ1v) is 14.9. The molecule has 0 amide bonds. The van der Waals surface area contributed by atoms with Gasteiger partial charge in [-0.25, -0.2) is 0 Å². The number of fused-ring (bicyclic) bond motifs is 6. The summed E-state index contributed by atoms with van der Waals surface area (Å²) in [6.45, 7) is 9.46. The van der Waals surface area contributed by atoms with Crippen LogP contribution in [0.15, 0.2) is 128 Å². The normalized spacial score (nSPS) is 15.0. The molecule has 5 aromatic carbocycles. The van der Waals surface area contributed by atoms with E-state index in [-0.39, 0.29) is 10.8 Å².